The first-order chi connectivity index (χ1) is 12.1. The number of fused-ring (bicyclic) bond motifs is 2. The van der Waals surface area contributed by atoms with Gasteiger partial charge in [-0.05, 0) is 53.9 Å². The van der Waals surface area contributed by atoms with Gasteiger partial charge in [0.1, 0.15) is 17.9 Å². The number of hydrogen-bond acceptors (Lipinski definition) is 3. The second-order valence-electron chi connectivity index (χ2n) is 6.27. The number of ether oxygens (including phenoxy) is 1. The molecule has 0 aliphatic heterocycles. The fourth-order valence-electron chi connectivity index (χ4n) is 3.01. The molecule has 0 aliphatic rings. The van der Waals surface area contributed by atoms with Crippen LogP contribution in [-0.4, -0.2) is 0 Å². The van der Waals surface area contributed by atoms with Crippen molar-refractivity contribution in [1.82, 2.24) is 0 Å². The maximum atomic E-state index is 11.9. The molecule has 0 spiro atoms. The standard InChI is InChI=1S/C22H18O3/c1-14-15(2)22(23)25-21-12-19(9-10-20(14)21)24-13-16-7-8-17-5-3-4-6-18(17)11-16/h3-12H,13H2,1-2H3. The number of rotatable bonds is 3. The summed E-state index contributed by atoms with van der Waals surface area (Å²) < 4.78 is 11.3. The van der Waals surface area contributed by atoms with E-state index >= 15 is 0 Å². The first-order valence-electron chi connectivity index (χ1n) is 8.26. The van der Waals surface area contributed by atoms with Crippen LogP contribution in [0.4, 0.5) is 0 Å². The quantitative estimate of drug-likeness (QED) is 0.488. The molecule has 124 valence electrons. The van der Waals surface area contributed by atoms with Crippen LogP contribution in [0.2, 0.25) is 0 Å². The highest BCUT2D eigenvalue weighted by molar-refractivity contribution is 5.83. The van der Waals surface area contributed by atoms with Crippen molar-refractivity contribution in [2.45, 2.75) is 20.5 Å². The lowest BCUT2D eigenvalue weighted by atomic mass is 10.1. The van der Waals surface area contributed by atoms with Gasteiger partial charge in [0.25, 0.3) is 0 Å². The zero-order valence-corrected chi connectivity index (χ0v) is 14.2. The van der Waals surface area contributed by atoms with Crippen molar-refractivity contribution in [2.75, 3.05) is 0 Å². The van der Waals surface area contributed by atoms with Crippen molar-refractivity contribution in [1.29, 1.82) is 0 Å². The summed E-state index contributed by atoms with van der Waals surface area (Å²) in [4.78, 5) is 11.9. The van der Waals surface area contributed by atoms with Gasteiger partial charge in [0, 0.05) is 17.0 Å². The van der Waals surface area contributed by atoms with E-state index in [1.165, 1.54) is 10.8 Å². The molecule has 1 heterocycles. The highest BCUT2D eigenvalue weighted by Crippen LogP contribution is 2.25. The predicted octanol–water partition coefficient (Wildman–Crippen LogP) is 5.14. The molecule has 0 radical (unpaired) electrons. The third kappa shape index (κ3) is 2.89. The molecule has 0 atom stereocenters. The molecule has 0 N–H and O–H groups in total. The van der Waals surface area contributed by atoms with Crippen LogP contribution in [0, 0.1) is 13.8 Å². The van der Waals surface area contributed by atoms with Crippen LogP contribution in [-0.2, 0) is 6.61 Å². The van der Waals surface area contributed by atoms with Gasteiger partial charge < -0.3 is 9.15 Å². The molecule has 4 aromatic rings. The Kier molecular flexibility index (Phi) is 3.77. The molecule has 0 saturated carbocycles. The van der Waals surface area contributed by atoms with Crippen molar-refractivity contribution in [2.24, 2.45) is 0 Å². The maximum absolute atomic E-state index is 11.9. The third-order valence-corrected chi connectivity index (χ3v) is 4.65. The molecule has 1 aromatic heterocycles. The summed E-state index contributed by atoms with van der Waals surface area (Å²) in [6, 6.07) is 20.2. The van der Waals surface area contributed by atoms with Gasteiger partial charge in [0.05, 0.1) is 0 Å². The third-order valence-electron chi connectivity index (χ3n) is 4.65. The summed E-state index contributed by atoms with van der Waals surface area (Å²) in [6.07, 6.45) is 0. The maximum Gasteiger partial charge on any atom is 0.339 e. The normalized spacial score (nSPS) is 11.1. The average Bonchev–Trinajstić information content (AvgIpc) is 2.64. The summed E-state index contributed by atoms with van der Waals surface area (Å²) in [5.74, 6) is 0.687. The lowest BCUT2D eigenvalue weighted by molar-refractivity contribution is 0.306. The Hall–Kier alpha value is -3.07. The molecule has 25 heavy (non-hydrogen) atoms. The van der Waals surface area contributed by atoms with E-state index in [0.29, 0.717) is 23.5 Å². The molecule has 0 saturated heterocycles. The summed E-state index contributed by atoms with van der Waals surface area (Å²) in [5, 5.41) is 3.35. The van der Waals surface area contributed by atoms with E-state index in [2.05, 4.69) is 30.3 Å². The highest BCUT2D eigenvalue weighted by atomic mass is 16.5. The van der Waals surface area contributed by atoms with Gasteiger partial charge in [-0.3, -0.25) is 0 Å². The largest absolute Gasteiger partial charge is 0.489 e. The summed E-state index contributed by atoms with van der Waals surface area (Å²) >= 11 is 0. The fourth-order valence-corrected chi connectivity index (χ4v) is 3.01. The second-order valence-corrected chi connectivity index (χ2v) is 6.27. The summed E-state index contributed by atoms with van der Waals surface area (Å²) in [5.41, 5.74) is 2.96. The van der Waals surface area contributed by atoms with Crippen molar-refractivity contribution >= 4 is 21.7 Å². The molecule has 0 unspecified atom stereocenters. The zero-order valence-electron chi connectivity index (χ0n) is 14.2. The molecule has 3 nitrogen and oxygen atoms in total. The molecule has 0 aliphatic carbocycles. The van der Waals surface area contributed by atoms with Gasteiger partial charge in [0.2, 0.25) is 0 Å². The Bertz CT molecular complexity index is 1140. The van der Waals surface area contributed by atoms with E-state index in [0.717, 1.165) is 16.5 Å². The van der Waals surface area contributed by atoms with E-state index in [4.69, 9.17) is 9.15 Å². The van der Waals surface area contributed by atoms with Crippen LogP contribution < -0.4 is 10.4 Å². The Morgan fingerprint density at radius 2 is 1.68 bits per heavy atom. The van der Waals surface area contributed by atoms with Gasteiger partial charge >= 0.3 is 5.63 Å². The van der Waals surface area contributed by atoms with Crippen LogP contribution in [0.25, 0.3) is 21.7 Å². The number of benzene rings is 3. The van der Waals surface area contributed by atoms with Crippen LogP contribution in [0.3, 0.4) is 0 Å². The van der Waals surface area contributed by atoms with Crippen LogP contribution >= 0.6 is 0 Å². The van der Waals surface area contributed by atoms with Gasteiger partial charge in [-0.25, -0.2) is 4.79 Å². The molecule has 0 bridgehead atoms. The van der Waals surface area contributed by atoms with Crippen molar-refractivity contribution in [3.05, 3.63) is 87.8 Å². The molecule has 3 aromatic carbocycles. The van der Waals surface area contributed by atoms with Crippen molar-refractivity contribution in [3.8, 4) is 5.75 Å². The average molecular weight is 330 g/mol. The van der Waals surface area contributed by atoms with Crippen molar-refractivity contribution in [3.63, 3.8) is 0 Å². The lowest BCUT2D eigenvalue weighted by Crippen LogP contribution is -2.05. The van der Waals surface area contributed by atoms with Crippen LogP contribution in [0.5, 0.6) is 5.75 Å². The molecule has 0 fully saturated rings. The fraction of sp³-hybridized carbons (Fsp3) is 0.136. The highest BCUT2D eigenvalue weighted by Gasteiger charge is 2.08. The Labute approximate surface area is 145 Å². The Balaban J connectivity index is 1.61. The minimum atomic E-state index is -0.295. The van der Waals surface area contributed by atoms with Crippen LogP contribution in [0.15, 0.2) is 69.9 Å². The van der Waals surface area contributed by atoms with Gasteiger partial charge in [-0.2, -0.15) is 0 Å². The van der Waals surface area contributed by atoms with Gasteiger partial charge in [-0.1, -0.05) is 36.4 Å². The minimum Gasteiger partial charge on any atom is -0.489 e. The summed E-state index contributed by atoms with van der Waals surface area (Å²) in [6.45, 7) is 4.18. The Morgan fingerprint density at radius 3 is 2.52 bits per heavy atom. The van der Waals surface area contributed by atoms with Gasteiger partial charge in [-0.15, -0.1) is 0 Å². The molecular formula is C22H18O3. The Morgan fingerprint density at radius 1 is 0.880 bits per heavy atom. The first-order valence-corrected chi connectivity index (χ1v) is 8.26. The predicted molar refractivity (Wildman–Crippen MR) is 100 cm³/mol. The smallest absolute Gasteiger partial charge is 0.339 e. The van der Waals surface area contributed by atoms with E-state index in [1.54, 1.807) is 13.0 Å². The van der Waals surface area contributed by atoms with E-state index in [9.17, 15) is 4.79 Å². The van der Waals surface area contributed by atoms with E-state index < -0.39 is 0 Å². The van der Waals surface area contributed by atoms with Crippen molar-refractivity contribution < 1.29 is 9.15 Å². The molecule has 4 rings (SSSR count). The SMILES string of the molecule is Cc1c(C)c2ccc(OCc3ccc4ccccc4c3)cc2oc1=O. The molecule has 3 heteroatoms. The first kappa shape index (κ1) is 15.5. The second kappa shape index (κ2) is 6.10. The van der Waals surface area contributed by atoms with Crippen LogP contribution in [0.1, 0.15) is 16.7 Å². The van der Waals surface area contributed by atoms with E-state index in [-0.39, 0.29) is 5.63 Å². The lowest BCUT2D eigenvalue weighted by Gasteiger charge is -2.09. The topological polar surface area (TPSA) is 39.4 Å². The van der Waals surface area contributed by atoms with Gasteiger partial charge in [0.15, 0.2) is 0 Å². The molecular weight excluding hydrogens is 312 g/mol. The van der Waals surface area contributed by atoms with E-state index in [1.807, 2.05) is 31.2 Å². The zero-order chi connectivity index (χ0) is 17.4. The minimum absolute atomic E-state index is 0.295. The monoisotopic (exact) mass is 330 g/mol. The number of aryl methyl sites for hydroxylation is 1. The summed E-state index contributed by atoms with van der Waals surface area (Å²) in [7, 11) is 0. The molecule has 0 amide bonds. The number of hydrogen-bond donors (Lipinski definition) is 0.